The van der Waals surface area contributed by atoms with Gasteiger partial charge in [-0.15, -0.1) is 0 Å². The van der Waals surface area contributed by atoms with E-state index < -0.39 is 11.7 Å². The van der Waals surface area contributed by atoms with Crippen LogP contribution in [0.25, 0.3) is 0 Å². The summed E-state index contributed by atoms with van der Waals surface area (Å²) in [6.07, 6.45) is 0.969. The Morgan fingerprint density at radius 3 is 2.28 bits per heavy atom. The molecule has 36 heavy (non-hydrogen) atoms. The van der Waals surface area contributed by atoms with Crippen molar-refractivity contribution >= 4 is 29.2 Å². The van der Waals surface area contributed by atoms with Gasteiger partial charge in [0, 0.05) is 19.2 Å². The second-order valence-electron chi connectivity index (χ2n) is 9.83. The van der Waals surface area contributed by atoms with Crippen molar-refractivity contribution in [2.45, 2.75) is 45.3 Å². The molecular formula is C28H32N4O4. The number of hydrogen-bond donors (Lipinski definition) is 2. The van der Waals surface area contributed by atoms with Gasteiger partial charge in [0.15, 0.2) is 0 Å². The van der Waals surface area contributed by atoms with Crippen molar-refractivity contribution in [1.82, 2.24) is 9.88 Å². The summed E-state index contributed by atoms with van der Waals surface area (Å²) in [5, 5.41) is 5.93. The number of pyridine rings is 1. The third kappa shape index (κ3) is 5.94. The molecule has 188 valence electrons. The molecule has 0 fully saturated rings. The van der Waals surface area contributed by atoms with E-state index in [4.69, 9.17) is 9.47 Å². The first kappa shape index (κ1) is 25.0. The molecular weight excluding hydrogens is 456 g/mol. The van der Waals surface area contributed by atoms with Gasteiger partial charge in [0.25, 0.3) is 5.91 Å². The minimum absolute atomic E-state index is 0.0322. The molecule has 0 atom stereocenters. The molecule has 0 saturated carbocycles. The molecule has 1 aliphatic carbocycles. The monoisotopic (exact) mass is 488 g/mol. The maximum Gasteiger partial charge on any atom is 0.412 e. The van der Waals surface area contributed by atoms with Crippen LogP contribution in [-0.4, -0.2) is 47.7 Å². The van der Waals surface area contributed by atoms with Crippen LogP contribution >= 0.6 is 0 Å². The molecule has 8 heteroatoms. The SMILES string of the molecule is COc1ccccc1Nc1cc(NC(=O)OC(C)(C)C)cc(C(=O)N(C)C2Cc3ccccc3C2)n1. The molecule has 0 saturated heterocycles. The Bertz CT molecular complexity index is 1240. The minimum atomic E-state index is -0.661. The molecule has 0 unspecified atom stereocenters. The van der Waals surface area contributed by atoms with Crippen molar-refractivity contribution in [3.63, 3.8) is 0 Å². The molecule has 1 heterocycles. The lowest BCUT2D eigenvalue weighted by atomic mass is 10.1. The first-order valence-electron chi connectivity index (χ1n) is 11.9. The Morgan fingerprint density at radius 1 is 1.00 bits per heavy atom. The van der Waals surface area contributed by atoms with E-state index >= 15 is 0 Å². The number of fused-ring (bicyclic) bond motifs is 1. The van der Waals surface area contributed by atoms with Crippen LogP contribution in [0.1, 0.15) is 42.4 Å². The average Bonchev–Trinajstić information content (AvgIpc) is 3.26. The number of para-hydroxylation sites is 2. The molecule has 0 spiro atoms. The van der Waals surface area contributed by atoms with Crippen LogP contribution in [-0.2, 0) is 17.6 Å². The highest BCUT2D eigenvalue weighted by Gasteiger charge is 2.29. The number of benzene rings is 2. The van der Waals surface area contributed by atoms with Gasteiger partial charge in [-0.05, 0) is 62.9 Å². The Morgan fingerprint density at radius 2 is 1.64 bits per heavy atom. The van der Waals surface area contributed by atoms with Crippen LogP contribution in [0.5, 0.6) is 5.75 Å². The normalized spacial score (nSPS) is 13.0. The Hall–Kier alpha value is -4.07. The molecule has 4 rings (SSSR count). The van der Waals surface area contributed by atoms with E-state index in [9.17, 15) is 9.59 Å². The molecule has 0 aliphatic heterocycles. The number of likely N-dealkylation sites (N-methyl/N-ethyl adjacent to an activating group) is 1. The van der Waals surface area contributed by atoms with E-state index in [-0.39, 0.29) is 17.6 Å². The highest BCUT2D eigenvalue weighted by atomic mass is 16.6. The summed E-state index contributed by atoms with van der Waals surface area (Å²) in [4.78, 5) is 32.3. The lowest BCUT2D eigenvalue weighted by Gasteiger charge is -2.25. The van der Waals surface area contributed by atoms with E-state index in [0.717, 1.165) is 12.8 Å². The Balaban J connectivity index is 1.62. The summed E-state index contributed by atoms with van der Waals surface area (Å²) in [6, 6.07) is 18.9. The fourth-order valence-corrected chi connectivity index (χ4v) is 4.24. The van der Waals surface area contributed by atoms with Gasteiger partial charge in [0.2, 0.25) is 0 Å². The van der Waals surface area contributed by atoms with Crippen LogP contribution in [0.2, 0.25) is 0 Å². The number of rotatable bonds is 6. The second-order valence-corrected chi connectivity index (χ2v) is 9.83. The van der Waals surface area contributed by atoms with Crippen molar-refractivity contribution < 1.29 is 19.1 Å². The van der Waals surface area contributed by atoms with Crippen LogP contribution in [0.3, 0.4) is 0 Å². The Kier molecular flexibility index (Phi) is 7.15. The average molecular weight is 489 g/mol. The van der Waals surface area contributed by atoms with E-state index in [1.54, 1.807) is 52.0 Å². The highest BCUT2D eigenvalue weighted by molar-refractivity contribution is 5.95. The molecule has 0 bridgehead atoms. The number of nitrogens with zero attached hydrogens (tertiary/aromatic N) is 2. The molecule has 0 radical (unpaired) electrons. The minimum Gasteiger partial charge on any atom is -0.495 e. The smallest absolute Gasteiger partial charge is 0.412 e. The molecule has 3 aromatic rings. The van der Waals surface area contributed by atoms with Crippen molar-refractivity contribution in [3.8, 4) is 5.75 Å². The highest BCUT2D eigenvalue weighted by Crippen LogP contribution is 2.29. The molecule has 1 aromatic heterocycles. The van der Waals surface area contributed by atoms with Crippen molar-refractivity contribution in [2.75, 3.05) is 24.8 Å². The lowest BCUT2D eigenvalue weighted by molar-refractivity contribution is 0.0634. The molecule has 2 N–H and O–H groups in total. The zero-order chi connectivity index (χ0) is 25.9. The quantitative estimate of drug-likeness (QED) is 0.481. The molecule has 2 amide bonds. The fraction of sp³-hybridized carbons (Fsp3) is 0.321. The standard InChI is InChI=1S/C28H32N4O4/c1-28(2,3)36-27(34)29-20-16-23(31-25(17-20)30-22-12-8-9-13-24(22)35-5)26(33)32(4)21-14-18-10-6-7-11-19(18)15-21/h6-13,16-17,21H,14-15H2,1-5H3,(H2,29,30,31,34). The van der Waals surface area contributed by atoms with E-state index in [1.165, 1.54) is 11.1 Å². The van der Waals surface area contributed by atoms with Gasteiger partial charge in [-0.3, -0.25) is 10.1 Å². The number of carbonyl (C=O) groups excluding carboxylic acids is 2. The number of carbonyl (C=O) groups is 2. The largest absolute Gasteiger partial charge is 0.495 e. The van der Waals surface area contributed by atoms with Crippen LogP contribution in [0.15, 0.2) is 60.7 Å². The maximum absolute atomic E-state index is 13.5. The summed E-state index contributed by atoms with van der Waals surface area (Å²) in [6.45, 7) is 5.37. The van der Waals surface area contributed by atoms with Gasteiger partial charge in [-0.1, -0.05) is 36.4 Å². The lowest BCUT2D eigenvalue weighted by Crippen LogP contribution is -2.38. The zero-order valence-electron chi connectivity index (χ0n) is 21.3. The number of amides is 2. The number of nitrogens with one attached hydrogen (secondary N) is 2. The fourth-order valence-electron chi connectivity index (χ4n) is 4.24. The van der Waals surface area contributed by atoms with Crippen molar-refractivity contribution in [2.24, 2.45) is 0 Å². The summed E-state index contributed by atoms with van der Waals surface area (Å²) in [7, 11) is 3.37. The molecule has 1 aliphatic rings. The summed E-state index contributed by atoms with van der Waals surface area (Å²) in [5.41, 5.74) is 3.14. The first-order valence-corrected chi connectivity index (χ1v) is 11.9. The Labute approximate surface area is 211 Å². The molecule has 8 nitrogen and oxygen atoms in total. The van der Waals surface area contributed by atoms with Crippen LogP contribution in [0.4, 0.5) is 22.0 Å². The van der Waals surface area contributed by atoms with Gasteiger partial charge in [0.05, 0.1) is 18.5 Å². The maximum atomic E-state index is 13.5. The van der Waals surface area contributed by atoms with Crippen LogP contribution in [0, 0.1) is 0 Å². The predicted octanol–water partition coefficient (Wildman–Crippen LogP) is 5.42. The summed E-state index contributed by atoms with van der Waals surface area (Å²) < 4.78 is 10.8. The van der Waals surface area contributed by atoms with E-state index in [0.29, 0.717) is 22.9 Å². The third-order valence-corrected chi connectivity index (χ3v) is 5.96. The topological polar surface area (TPSA) is 92.8 Å². The predicted molar refractivity (Wildman–Crippen MR) is 140 cm³/mol. The van der Waals surface area contributed by atoms with Crippen LogP contribution < -0.4 is 15.4 Å². The van der Waals surface area contributed by atoms with Gasteiger partial charge in [0.1, 0.15) is 22.9 Å². The summed E-state index contributed by atoms with van der Waals surface area (Å²) in [5.74, 6) is 0.779. The van der Waals surface area contributed by atoms with Gasteiger partial charge >= 0.3 is 6.09 Å². The second kappa shape index (κ2) is 10.3. The van der Waals surface area contributed by atoms with Crippen molar-refractivity contribution in [3.05, 3.63) is 77.5 Å². The number of methoxy groups -OCH3 is 1. The number of ether oxygens (including phenoxy) is 2. The van der Waals surface area contributed by atoms with Gasteiger partial charge < -0.3 is 19.7 Å². The van der Waals surface area contributed by atoms with E-state index in [1.807, 2.05) is 36.4 Å². The summed E-state index contributed by atoms with van der Waals surface area (Å²) >= 11 is 0. The van der Waals surface area contributed by atoms with Crippen molar-refractivity contribution in [1.29, 1.82) is 0 Å². The van der Waals surface area contributed by atoms with E-state index in [2.05, 4.69) is 27.8 Å². The third-order valence-electron chi connectivity index (χ3n) is 5.96. The van der Waals surface area contributed by atoms with Gasteiger partial charge in [-0.25, -0.2) is 9.78 Å². The molecule has 2 aromatic carbocycles. The number of anilines is 3. The zero-order valence-corrected chi connectivity index (χ0v) is 21.3. The first-order chi connectivity index (χ1) is 17.1. The van der Waals surface area contributed by atoms with Gasteiger partial charge in [-0.2, -0.15) is 0 Å². The number of hydrogen-bond acceptors (Lipinski definition) is 6. The number of aromatic nitrogens is 1.